The fourth-order valence-corrected chi connectivity index (χ4v) is 4.21. The Morgan fingerprint density at radius 3 is 2.29 bits per heavy atom. The number of rotatable bonds is 3. The van der Waals surface area contributed by atoms with Gasteiger partial charge in [-0.05, 0) is 35.4 Å². The number of fused-ring (bicyclic) bond motifs is 1. The molecule has 3 heteroatoms. The molecule has 3 aromatic carbocycles. The van der Waals surface area contributed by atoms with E-state index in [4.69, 9.17) is 9.73 Å². The van der Waals surface area contributed by atoms with Crippen molar-refractivity contribution < 1.29 is 4.74 Å². The number of ether oxygens (including phenoxy) is 1. The van der Waals surface area contributed by atoms with Crippen LogP contribution in [0.15, 0.2) is 83.9 Å². The average molecular weight is 331 g/mol. The summed E-state index contributed by atoms with van der Waals surface area (Å²) in [6.07, 6.45) is 0. The van der Waals surface area contributed by atoms with Crippen molar-refractivity contribution >= 4 is 22.5 Å². The summed E-state index contributed by atoms with van der Waals surface area (Å²) in [4.78, 5) is 4.86. The Morgan fingerprint density at radius 2 is 1.54 bits per heavy atom. The summed E-state index contributed by atoms with van der Waals surface area (Å²) in [5.41, 5.74) is 4.81. The zero-order valence-electron chi connectivity index (χ0n) is 13.3. The van der Waals surface area contributed by atoms with Gasteiger partial charge in [-0.3, -0.25) is 0 Å². The van der Waals surface area contributed by atoms with Gasteiger partial charge in [-0.1, -0.05) is 66.4 Å². The van der Waals surface area contributed by atoms with Gasteiger partial charge in [0.15, 0.2) is 0 Å². The van der Waals surface area contributed by atoms with Crippen molar-refractivity contribution in [2.45, 2.75) is 5.25 Å². The maximum absolute atomic E-state index is 5.27. The van der Waals surface area contributed by atoms with Crippen molar-refractivity contribution in [2.24, 2.45) is 4.99 Å². The number of para-hydroxylation sites is 1. The van der Waals surface area contributed by atoms with E-state index in [-0.39, 0.29) is 5.25 Å². The first-order valence-corrected chi connectivity index (χ1v) is 8.77. The lowest BCUT2D eigenvalue weighted by atomic mass is 10.00. The molecule has 4 rings (SSSR count). The molecule has 0 N–H and O–H groups in total. The molecule has 0 amide bonds. The lowest BCUT2D eigenvalue weighted by molar-refractivity contribution is 0.414. The highest BCUT2D eigenvalue weighted by molar-refractivity contribution is 8.15. The van der Waals surface area contributed by atoms with E-state index in [1.807, 2.05) is 54.2 Å². The molecule has 0 aliphatic carbocycles. The van der Waals surface area contributed by atoms with Crippen LogP contribution in [-0.4, -0.2) is 12.2 Å². The predicted octanol–water partition coefficient (Wildman–Crippen LogP) is 5.61. The number of hydrogen-bond acceptors (Lipinski definition) is 3. The van der Waals surface area contributed by atoms with Crippen molar-refractivity contribution in [3.63, 3.8) is 0 Å². The summed E-state index contributed by atoms with van der Waals surface area (Å²) in [5, 5.41) is 1.35. The van der Waals surface area contributed by atoms with Gasteiger partial charge < -0.3 is 4.74 Å². The topological polar surface area (TPSA) is 21.6 Å². The number of methoxy groups -OCH3 is 1. The van der Waals surface area contributed by atoms with Gasteiger partial charge in [-0.2, -0.15) is 0 Å². The molecule has 0 saturated heterocycles. The molecule has 0 aromatic heterocycles. The van der Waals surface area contributed by atoms with Crippen LogP contribution >= 0.6 is 11.8 Å². The molecule has 3 aromatic rings. The van der Waals surface area contributed by atoms with E-state index in [2.05, 4.69) is 36.4 Å². The highest BCUT2D eigenvalue weighted by Crippen LogP contribution is 2.47. The lowest BCUT2D eigenvalue weighted by Gasteiger charge is -2.11. The van der Waals surface area contributed by atoms with Crippen LogP contribution in [0.4, 0.5) is 5.69 Å². The molecular weight excluding hydrogens is 314 g/mol. The maximum atomic E-state index is 5.27. The van der Waals surface area contributed by atoms with Crippen molar-refractivity contribution in [3.8, 4) is 5.75 Å². The third-order valence-electron chi connectivity index (χ3n) is 4.11. The largest absolute Gasteiger partial charge is 0.497 e. The van der Waals surface area contributed by atoms with Crippen molar-refractivity contribution in [2.75, 3.05) is 7.11 Å². The van der Waals surface area contributed by atoms with E-state index in [0.29, 0.717) is 0 Å². The minimum Gasteiger partial charge on any atom is -0.497 e. The van der Waals surface area contributed by atoms with Crippen LogP contribution in [0.5, 0.6) is 5.75 Å². The van der Waals surface area contributed by atoms with E-state index < -0.39 is 0 Å². The molecule has 118 valence electrons. The van der Waals surface area contributed by atoms with E-state index in [1.54, 1.807) is 7.11 Å². The summed E-state index contributed by atoms with van der Waals surface area (Å²) < 4.78 is 5.27. The van der Waals surface area contributed by atoms with Crippen LogP contribution in [0.3, 0.4) is 0 Å². The molecule has 1 heterocycles. The SMILES string of the molecule is COc1ccc(C2SC(=Nc3ccccc3)c3ccccc32)cc1. The number of nitrogens with zero attached hydrogens (tertiary/aromatic N) is 1. The van der Waals surface area contributed by atoms with Gasteiger partial charge in [0.1, 0.15) is 10.8 Å². The smallest absolute Gasteiger partial charge is 0.118 e. The Kier molecular flexibility index (Phi) is 4.09. The second kappa shape index (κ2) is 6.54. The Balaban J connectivity index is 1.74. The van der Waals surface area contributed by atoms with Crippen molar-refractivity contribution in [3.05, 3.63) is 95.6 Å². The number of benzene rings is 3. The van der Waals surface area contributed by atoms with Crippen molar-refractivity contribution in [1.82, 2.24) is 0 Å². The van der Waals surface area contributed by atoms with Gasteiger partial charge >= 0.3 is 0 Å². The molecule has 1 unspecified atom stereocenters. The zero-order valence-corrected chi connectivity index (χ0v) is 14.2. The van der Waals surface area contributed by atoms with Crippen LogP contribution in [0.2, 0.25) is 0 Å². The molecule has 2 nitrogen and oxygen atoms in total. The molecular formula is C21H17NOS. The Hall–Kier alpha value is -2.52. The molecule has 0 radical (unpaired) electrons. The minimum atomic E-state index is 0.273. The maximum Gasteiger partial charge on any atom is 0.118 e. The zero-order chi connectivity index (χ0) is 16.4. The molecule has 24 heavy (non-hydrogen) atoms. The van der Waals surface area contributed by atoms with E-state index in [9.17, 15) is 0 Å². The van der Waals surface area contributed by atoms with Gasteiger partial charge in [0.05, 0.1) is 18.0 Å². The molecule has 0 spiro atoms. The monoisotopic (exact) mass is 331 g/mol. The van der Waals surface area contributed by atoms with Crippen LogP contribution in [0.1, 0.15) is 21.9 Å². The van der Waals surface area contributed by atoms with Gasteiger partial charge in [0.2, 0.25) is 0 Å². The molecule has 1 atom stereocenters. The Labute approximate surface area is 146 Å². The quantitative estimate of drug-likeness (QED) is 0.622. The molecule has 1 aliphatic heterocycles. The molecule has 0 bridgehead atoms. The van der Waals surface area contributed by atoms with E-state index in [1.165, 1.54) is 16.7 Å². The van der Waals surface area contributed by atoms with Gasteiger partial charge in [-0.25, -0.2) is 4.99 Å². The summed E-state index contributed by atoms with van der Waals surface area (Å²) in [7, 11) is 1.69. The summed E-state index contributed by atoms with van der Waals surface area (Å²) in [6, 6.07) is 27.0. The molecule has 1 aliphatic rings. The number of thioether (sulfide) groups is 1. The van der Waals surface area contributed by atoms with E-state index >= 15 is 0 Å². The van der Waals surface area contributed by atoms with Crippen LogP contribution in [0, 0.1) is 0 Å². The second-order valence-electron chi connectivity index (χ2n) is 5.61. The summed E-state index contributed by atoms with van der Waals surface area (Å²) in [6.45, 7) is 0. The van der Waals surface area contributed by atoms with Crippen LogP contribution < -0.4 is 4.74 Å². The first-order valence-electron chi connectivity index (χ1n) is 7.89. The first-order chi connectivity index (χ1) is 11.8. The highest BCUT2D eigenvalue weighted by Gasteiger charge is 2.29. The third kappa shape index (κ3) is 2.83. The van der Waals surface area contributed by atoms with Crippen LogP contribution in [-0.2, 0) is 0 Å². The summed E-state index contributed by atoms with van der Waals surface area (Å²) in [5.74, 6) is 0.883. The lowest BCUT2D eigenvalue weighted by Crippen LogP contribution is -1.93. The fraction of sp³-hybridized carbons (Fsp3) is 0.0952. The fourth-order valence-electron chi connectivity index (χ4n) is 2.89. The standard InChI is InChI=1S/C21H17NOS/c1-23-17-13-11-15(12-14-17)20-18-9-5-6-10-19(18)21(24-20)22-16-7-3-2-4-8-16/h2-14,20H,1H3. The predicted molar refractivity (Wildman–Crippen MR) is 102 cm³/mol. The Bertz CT molecular complexity index is 872. The highest BCUT2D eigenvalue weighted by atomic mass is 32.2. The average Bonchev–Trinajstić information content (AvgIpc) is 3.01. The van der Waals surface area contributed by atoms with Gasteiger partial charge in [0, 0.05) is 5.56 Å². The Morgan fingerprint density at radius 1 is 0.833 bits per heavy atom. The third-order valence-corrected chi connectivity index (χ3v) is 5.40. The molecule has 0 saturated carbocycles. The normalized spacial score (nSPS) is 17.7. The molecule has 0 fully saturated rings. The first kappa shape index (κ1) is 15.0. The summed E-state index contributed by atoms with van der Waals surface area (Å²) >= 11 is 1.81. The minimum absolute atomic E-state index is 0.273. The second-order valence-corrected chi connectivity index (χ2v) is 6.70. The van der Waals surface area contributed by atoms with Crippen LogP contribution in [0.25, 0.3) is 0 Å². The van der Waals surface area contributed by atoms with E-state index in [0.717, 1.165) is 16.5 Å². The number of aliphatic imine (C=N–C) groups is 1. The van der Waals surface area contributed by atoms with Gasteiger partial charge in [0.25, 0.3) is 0 Å². The number of hydrogen-bond donors (Lipinski definition) is 0. The van der Waals surface area contributed by atoms with Gasteiger partial charge in [-0.15, -0.1) is 0 Å². The van der Waals surface area contributed by atoms with Crippen molar-refractivity contribution in [1.29, 1.82) is 0 Å².